The smallest absolute Gasteiger partial charge is 0.196 e. The first kappa shape index (κ1) is 22.0. The van der Waals surface area contributed by atoms with E-state index in [1.54, 1.807) is 6.07 Å². The molecule has 0 radical (unpaired) electrons. The average Bonchev–Trinajstić information content (AvgIpc) is 3.06. The second kappa shape index (κ2) is 9.85. The van der Waals surface area contributed by atoms with Crippen molar-refractivity contribution in [2.75, 3.05) is 45.2 Å². The number of anilines is 1. The molecule has 30 heavy (non-hydrogen) atoms. The zero-order valence-electron chi connectivity index (χ0n) is 18.4. The number of nitrogens with two attached hydrogens (primary N) is 1. The van der Waals surface area contributed by atoms with Gasteiger partial charge in [-0.05, 0) is 32.5 Å². The monoisotopic (exact) mass is 412 g/mol. The highest BCUT2D eigenvalue weighted by Gasteiger charge is 2.36. The molecule has 0 amide bonds. The predicted octanol–water partition coefficient (Wildman–Crippen LogP) is 4.39. The van der Waals surface area contributed by atoms with Gasteiger partial charge in [0.1, 0.15) is 23.9 Å². The van der Waals surface area contributed by atoms with Crippen LogP contribution in [0.5, 0.6) is 17.2 Å². The number of rotatable bonds is 11. The van der Waals surface area contributed by atoms with Gasteiger partial charge in [-0.2, -0.15) is 0 Å². The van der Waals surface area contributed by atoms with E-state index in [1.807, 2.05) is 32.0 Å². The number of carbonyl (C=O) groups excluding carboxylic acids is 1. The van der Waals surface area contributed by atoms with Crippen LogP contribution in [0, 0.1) is 0 Å². The van der Waals surface area contributed by atoms with Crippen LogP contribution in [0.15, 0.2) is 24.3 Å². The van der Waals surface area contributed by atoms with Gasteiger partial charge in [0, 0.05) is 29.3 Å². The number of ether oxygens (including phenoxy) is 3. The maximum absolute atomic E-state index is 13.3. The van der Waals surface area contributed by atoms with E-state index in [4.69, 9.17) is 19.9 Å². The van der Waals surface area contributed by atoms with E-state index in [0.717, 1.165) is 31.6 Å². The van der Waals surface area contributed by atoms with Gasteiger partial charge in [-0.3, -0.25) is 4.79 Å². The lowest BCUT2D eigenvalue weighted by Crippen LogP contribution is -2.28. The van der Waals surface area contributed by atoms with E-state index in [-0.39, 0.29) is 5.78 Å². The maximum atomic E-state index is 13.3. The molecular formula is C24H32N2O4. The van der Waals surface area contributed by atoms with E-state index in [1.165, 1.54) is 0 Å². The Kier molecular flexibility index (Phi) is 7.21. The topological polar surface area (TPSA) is 74.0 Å². The molecule has 0 saturated heterocycles. The Labute approximate surface area is 178 Å². The SMILES string of the molecule is CCCOc1cc(OCC)c2c(c1N)C(=O)c1cccc(OCCN(CC)CC)c1-2. The van der Waals surface area contributed by atoms with Crippen molar-refractivity contribution in [1.29, 1.82) is 0 Å². The van der Waals surface area contributed by atoms with Crippen molar-refractivity contribution in [3.8, 4) is 28.4 Å². The van der Waals surface area contributed by atoms with Gasteiger partial charge in [0.05, 0.1) is 24.5 Å². The van der Waals surface area contributed by atoms with E-state index in [2.05, 4.69) is 18.7 Å². The summed E-state index contributed by atoms with van der Waals surface area (Å²) >= 11 is 0. The third-order valence-electron chi connectivity index (χ3n) is 5.36. The number of ketones is 1. The minimum atomic E-state index is -0.116. The fourth-order valence-electron chi connectivity index (χ4n) is 3.79. The lowest BCUT2D eigenvalue weighted by atomic mass is 10.0. The molecule has 1 aliphatic carbocycles. The number of hydrogen-bond acceptors (Lipinski definition) is 6. The molecule has 6 heteroatoms. The number of likely N-dealkylation sites (N-methyl/N-ethyl adjacent to an activating group) is 1. The molecule has 6 nitrogen and oxygen atoms in total. The largest absolute Gasteiger partial charge is 0.493 e. The molecule has 2 aromatic carbocycles. The fourth-order valence-corrected chi connectivity index (χ4v) is 3.79. The van der Waals surface area contributed by atoms with Gasteiger partial charge in [0.15, 0.2) is 5.78 Å². The second-order valence-electron chi connectivity index (χ2n) is 7.20. The van der Waals surface area contributed by atoms with Gasteiger partial charge >= 0.3 is 0 Å². The Hall–Kier alpha value is -2.73. The predicted molar refractivity (Wildman–Crippen MR) is 120 cm³/mol. The summed E-state index contributed by atoms with van der Waals surface area (Å²) < 4.78 is 17.8. The van der Waals surface area contributed by atoms with Gasteiger partial charge in [-0.15, -0.1) is 0 Å². The molecule has 0 unspecified atom stereocenters. The Morgan fingerprint density at radius 2 is 1.60 bits per heavy atom. The summed E-state index contributed by atoms with van der Waals surface area (Å²) in [6, 6.07) is 7.36. The number of benzene rings is 2. The zero-order valence-corrected chi connectivity index (χ0v) is 18.4. The summed E-state index contributed by atoms with van der Waals surface area (Å²) in [6.45, 7) is 12.5. The molecule has 0 saturated carbocycles. The minimum absolute atomic E-state index is 0.116. The van der Waals surface area contributed by atoms with Crippen LogP contribution in [0.1, 0.15) is 50.0 Å². The van der Waals surface area contributed by atoms with Crippen LogP contribution >= 0.6 is 0 Å². The van der Waals surface area contributed by atoms with Gasteiger partial charge < -0.3 is 24.8 Å². The number of carbonyl (C=O) groups is 1. The summed E-state index contributed by atoms with van der Waals surface area (Å²) in [7, 11) is 0. The molecule has 2 aromatic rings. The summed E-state index contributed by atoms with van der Waals surface area (Å²) in [5, 5.41) is 0. The summed E-state index contributed by atoms with van der Waals surface area (Å²) in [4.78, 5) is 15.6. The van der Waals surface area contributed by atoms with E-state index < -0.39 is 0 Å². The number of hydrogen-bond donors (Lipinski definition) is 1. The second-order valence-corrected chi connectivity index (χ2v) is 7.20. The van der Waals surface area contributed by atoms with E-state index >= 15 is 0 Å². The van der Waals surface area contributed by atoms with Crippen LogP contribution in [0.3, 0.4) is 0 Å². The van der Waals surface area contributed by atoms with E-state index in [0.29, 0.717) is 59.4 Å². The van der Waals surface area contributed by atoms with Crippen LogP contribution < -0.4 is 19.9 Å². The summed E-state index contributed by atoms with van der Waals surface area (Å²) in [5.74, 6) is 1.65. The van der Waals surface area contributed by atoms with Crippen LogP contribution in [0.4, 0.5) is 5.69 Å². The average molecular weight is 413 g/mol. The minimum Gasteiger partial charge on any atom is -0.493 e. The highest BCUT2D eigenvalue weighted by atomic mass is 16.5. The first-order valence-corrected chi connectivity index (χ1v) is 10.8. The molecule has 0 fully saturated rings. The Balaban J connectivity index is 2.04. The molecule has 0 spiro atoms. The molecular weight excluding hydrogens is 380 g/mol. The molecule has 0 aliphatic heterocycles. The normalized spacial score (nSPS) is 12.1. The third kappa shape index (κ3) is 4.10. The van der Waals surface area contributed by atoms with Gasteiger partial charge in [-0.25, -0.2) is 0 Å². The molecule has 1 aliphatic rings. The van der Waals surface area contributed by atoms with Crippen LogP contribution in [-0.4, -0.2) is 50.1 Å². The van der Waals surface area contributed by atoms with Crippen molar-refractivity contribution >= 4 is 11.5 Å². The Morgan fingerprint density at radius 1 is 0.867 bits per heavy atom. The molecule has 0 aromatic heterocycles. The lowest BCUT2D eigenvalue weighted by molar-refractivity contribution is 0.104. The van der Waals surface area contributed by atoms with Gasteiger partial charge in [0.2, 0.25) is 0 Å². The van der Waals surface area contributed by atoms with Crippen LogP contribution in [-0.2, 0) is 0 Å². The molecule has 0 bridgehead atoms. The lowest BCUT2D eigenvalue weighted by Gasteiger charge is -2.20. The highest BCUT2D eigenvalue weighted by molar-refractivity contribution is 6.26. The fraction of sp³-hybridized carbons (Fsp3) is 0.458. The first-order valence-electron chi connectivity index (χ1n) is 10.8. The van der Waals surface area contributed by atoms with Crippen LogP contribution in [0.25, 0.3) is 11.1 Å². The maximum Gasteiger partial charge on any atom is 0.196 e. The third-order valence-corrected chi connectivity index (χ3v) is 5.36. The first-order chi connectivity index (χ1) is 14.6. The molecule has 2 N–H and O–H groups in total. The molecule has 0 heterocycles. The van der Waals surface area contributed by atoms with Gasteiger partial charge in [-0.1, -0.05) is 32.9 Å². The molecule has 0 atom stereocenters. The molecule has 3 rings (SSSR count). The number of nitrogens with zero attached hydrogens (tertiary/aromatic N) is 1. The van der Waals surface area contributed by atoms with E-state index in [9.17, 15) is 4.79 Å². The Bertz CT molecular complexity index is 907. The standard InChI is InChI=1S/C24H32N2O4/c1-5-13-29-19-15-18(28-8-4)21-20-16(24(27)22(21)23(19)25)10-9-11-17(20)30-14-12-26(6-2)7-3/h9-11,15H,5-8,12-14,25H2,1-4H3. The van der Waals surface area contributed by atoms with Crippen molar-refractivity contribution < 1.29 is 19.0 Å². The van der Waals surface area contributed by atoms with Crippen molar-refractivity contribution in [2.45, 2.75) is 34.1 Å². The summed E-state index contributed by atoms with van der Waals surface area (Å²) in [5.41, 5.74) is 9.24. The van der Waals surface area contributed by atoms with Crippen molar-refractivity contribution in [3.63, 3.8) is 0 Å². The quantitative estimate of drug-likeness (QED) is 0.471. The highest BCUT2D eigenvalue weighted by Crippen LogP contribution is 2.51. The van der Waals surface area contributed by atoms with Crippen molar-refractivity contribution in [1.82, 2.24) is 4.90 Å². The zero-order chi connectivity index (χ0) is 21.7. The van der Waals surface area contributed by atoms with Crippen molar-refractivity contribution in [2.24, 2.45) is 0 Å². The Morgan fingerprint density at radius 3 is 2.27 bits per heavy atom. The van der Waals surface area contributed by atoms with Crippen molar-refractivity contribution in [3.05, 3.63) is 35.4 Å². The molecule has 162 valence electrons. The summed E-state index contributed by atoms with van der Waals surface area (Å²) in [6.07, 6.45) is 0.846. The van der Waals surface area contributed by atoms with Crippen LogP contribution in [0.2, 0.25) is 0 Å². The number of nitrogen functional groups attached to an aromatic ring is 1. The van der Waals surface area contributed by atoms with Gasteiger partial charge in [0.25, 0.3) is 0 Å². The number of fused-ring (bicyclic) bond motifs is 3.